The summed E-state index contributed by atoms with van der Waals surface area (Å²) in [7, 11) is 0. The third kappa shape index (κ3) is 5.13. The molecule has 0 amide bonds. The van der Waals surface area contributed by atoms with Gasteiger partial charge in [0, 0.05) is 44.6 Å². The van der Waals surface area contributed by atoms with Crippen molar-refractivity contribution in [2.45, 2.75) is 0 Å². The van der Waals surface area contributed by atoms with Gasteiger partial charge >= 0.3 is 0 Å². The van der Waals surface area contributed by atoms with Gasteiger partial charge in [-0.15, -0.1) is 0 Å². The molecule has 0 aliphatic carbocycles. The molecule has 1 aliphatic heterocycles. The van der Waals surface area contributed by atoms with E-state index in [0.717, 1.165) is 62.1 Å². The van der Waals surface area contributed by atoms with E-state index in [4.69, 9.17) is 0 Å². The quantitative estimate of drug-likeness (QED) is 0.182. The van der Waals surface area contributed by atoms with Crippen LogP contribution in [-0.4, -0.2) is 4.57 Å². The second kappa shape index (κ2) is 12.6. The molecule has 258 valence electrons. The minimum Gasteiger partial charge on any atom is -0.310 e. The monoisotopic (exact) mass is 701 g/mol. The van der Waals surface area contributed by atoms with E-state index >= 15 is 0 Å². The second-order valence-corrected chi connectivity index (χ2v) is 14.2. The van der Waals surface area contributed by atoms with Crippen LogP contribution in [-0.2, 0) is 0 Å². The number of para-hydroxylation sites is 3. The Hall–Kier alpha value is -7.36. The first kappa shape index (κ1) is 31.2. The molecule has 0 fully saturated rings. The number of benzene rings is 9. The summed E-state index contributed by atoms with van der Waals surface area (Å²) >= 11 is 0. The van der Waals surface area contributed by atoms with Crippen LogP contribution in [0, 0.1) is 0 Å². The number of anilines is 6. The Bertz CT molecular complexity index is 2970. The summed E-state index contributed by atoms with van der Waals surface area (Å²) in [6.07, 6.45) is 0. The van der Waals surface area contributed by atoms with Crippen LogP contribution in [0.25, 0.3) is 60.5 Å². The number of hydrogen-bond acceptors (Lipinski definition) is 2. The van der Waals surface area contributed by atoms with Crippen molar-refractivity contribution in [1.82, 2.24) is 4.57 Å². The summed E-state index contributed by atoms with van der Waals surface area (Å²) in [5.74, 6) is 0. The Morgan fingerprint density at radius 1 is 0.273 bits per heavy atom. The third-order valence-corrected chi connectivity index (χ3v) is 11.0. The van der Waals surface area contributed by atoms with Crippen LogP contribution in [0.3, 0.4) is 0 Å². The van der Waals surface area contributed by atoms with Gasteiger partial charge in [0.2, 0.25) is 0 Å². The van der Waals surface area contributed by atoms with Crippen molar-refractivity contribution < 1.29 is 0 Å². The molecule has 0 saturated heterocycles. The van der Waals surface area contributed by atoms with Gasteiger partial charge < -0.3 is 14.4 Å². The minimum atomic E-state index is 1.09. The Morgan fingerprint density at radius 2 is 0.691 bits per heavy atom. The topological polar surface area (TPSA) is 11.4 Å². The van der Waals surface area contributed by atoms with E-state index < -0.39 is 0 Å². The van der Waals surface area contributed by atoms with Gasteiger partial charge in [-0.1, -0.05) is 133 Å². The lowest BCUT2D eigenvalue weighted by Crippen LogP contribution is -2.12. The smallest absolute Gasteiger partial charge is 0.0782 e. The lowest BCUT2D eigenvalue weighted by Gasteiger charge is -2.29. The predicted molar refractivity (Wildman–Crippen MR) is 232 cm³/mol. The minimum absolute atomic E-state index is 1.09. The molecular weight excluding hydrogens is 667 g/mol. The van der Waals surface area contributed by atoms with E-state index in [1.807, 2.05) is 0 Å². The predicted octanol–water partition coefficient (Wildman–Crippen LogP) is 14.5. The maximum atomic E-state index is 2.44. The molecule has 0 unspecified atom stereocenters. The lowest BCUT2D eigenvalue weighted by molar-refractivity contribution is 1.17. The molecule has 10 aromatic rings. The van der Waals surface area contributed by atoms with Crippen LogP contribution in [0.4, 0.5) is 34.1 Å². The zero-order valence-electron chi connectivity index (χ0n) is 30.0. The summed E-state index contributed by atoms with van der Waals surface area (Å²) in [5.41, 5.74) is 14.8. The van der Waals surface area contributed by atoms with Gasteiger partial charge in [0.1, 0.15) is 0 Å². The number of fused-ring (bicyclic) bond motifs is 14. The highest BCUT2D eigenvalue weighted by atomic mass is 15.2. The molecule has 2 heterocycles. The molecule has 55 heavy (non-hydrogen) atoms. The lowest BCUT2D eigenvalue weighted by atomic mass is 9.99. The number of nitrogens with zero attached hydrogens (tertiary/aromatic N) is 3. The molecule has 1 aromatic heterocycles. The highest BCUT2D eigenvalue weighted by molar-refractivity contribution is 6.14. The van der Waals surface area contributed by atoms with Gasteiger partial charge in [0.25, 0.3) is 0 Å². The number of rotatable bonds is 3. The maximum Gasteiger partial charge on any atom is 0.0782 e. The van der Waals surface area contributed by atoms with Crippen molar-refractivity contribution in [3.05, 3.63) is 212 Å². The van der Waals surface area contributed by atoms with Crippen LogP contribution < -0.4 is 9.80 Å². The summed E-state index contributed by atoms with van der Waals surface area (Å²) < 4.78 is 2.42. The van der Waals surface area contributed by atoms with Crippen LogP contribution >= 0.6 is 0 Å². The van der Waals surface area contributed by atoms with Crippen molar-refractivity contribution >= 4 is 66.7 Å². The van der Waals surface area contributed by atoms with Crippen LogP contribution in [0.1, 0.15) is 0 Å². The normalized spacial score (nSPS) is 12.3. The average Bonchev–Trinajstić information content (AvgIpc) is 3.60. The molecule has 1 aliphatic rings. The molecule has 0 radical (unpaired) electrons. The molecule has 0 spiro atoms. The molecular formula is C52H35N3. The van der Waals surface area contributed by atoms with Gasteiger partial charge in [-0.25, -0.2) is 0 Å². The van der Waals surface area contributed by atoms with Crippen molar-refractivity contribution in [3.8, 4) is 27.9 Å². The second-order valence-electron chi connectivity index (χ2n) is 14.2. The third-order valence-electron chi connectivity index (χ3n) is 11.0. The number of hydrogen-bond donors (Lipinski definition) is 0. The van der Waals surface area contributed by atoms with E-state index in [2.05, 4.69) is 227 Å². The number of aromatic nitrogens is 1. The molecule has 3 heteroatoms. The van der Waals surface area contributed by atoms with Crippen molar-refractivity contribution in [3.63, 3.8) is 0 Å². The van der Waals surface area contributed by atoms with Gasteiger partial charge in [-0.2, -0.15) is 0 Å². The van der Waals surface area contributed by atoms with E-state index in [0.29, 0.717) is 0 Å². The molecule has 0 saturated carbocycles. The van der Waals surface area contributed by atoms with Crippen LogP contribution in [0.5, 0.6) is 0 Å². The van der Waals surface area contributed by atoms with Crippen LogP contribution in [0.2, 0.25) is 0 Å². The first-order valence-corrected chi connectivity index (χ1v) is 18.9. The maximum absolute atomic E-state index is 2.44. The SMILES string of the molecule is c1ccc(-n2c3ccccc3c3cccc(N4c5cccc(c5)-c5cccc(c5)N(c5cccc6ccccc56)c5cccc(c5)-c5cccc4c5)c32)cc1. The molecule has 0 N–H and O–H groups in total. The Labute approximate surface area is 320 Å². The van der Waals surface area contributed by atoms with E-state index in [1.165, 1.54) is 32.6 Å². The van der Waals surface area contributed by atoms with E-state index in [1.54, 1.807) is 0 Å². The van der Waals surface area contributed by atoms with Gasteiger partial charge in [-0.3, -0.25) is 0 Å². The van der Waals surface area contributed by atoms with Gasteiger partial charge in [0.05, 0.1) is 22.4 Å². The Morgan fingerprint density at radius 3 is 1.31 bits per heavy atom. The van der Waals surface area contributed by atoms with E-state index in [-0.39, 0.29) is 0 Å². The Balaban J connectivity index is 1.20. The first-order chi connectivity index (χ1) is 27.3. The molecule has 9 aromatic carbocycles. The summed E-state index contributed by atoms with van der Waals surface area (Å²) in [5, 5.41) is 4.88. The average molecular weight is 702 g/mol. The fraction of sp³-hybridized carbons (Fsp3) is 0. The van der Waals surface area contributed by atoms with Gasteiger partial charge in [-0.05, 0) is 107 Å². The summed E-state index contributed by atoms with van der Waals surface area (Å²) in [4.78, 5) is 4.85. The fourth-order valence-corrected chi connectivity index (χ4v) is 8.58. The molecule has 3 nitrogen and oxygen atoms in total. The Kier molecular flexibility index (Phi) is 7.17. The standard InChI is InChI=1S/C52H35N3/c1-2-20-41(21-3-1)55-50-29-7-6-27-47(50)48-28-13-31-51(52(48)55)54-44-24-10-18-39(34-44)37-16-8-22-42(32-37)53(49-30-12-15-36-14-4-5-26-46(36)49)43-23-9-17-38(33-43)40-19-11-25-45(54)35-40/h1-35H. The van der Waals surface area contributed by atoms with Crippen molar-refractivity contribution in [2.75, 3.05) is 9.80 Å². The zero-order valence-corrected chi connectivity index (χ0v) is 30.0. The molecule has 0 atom stereocenters. The van der Waals surface area contributed by atoms with E-state index in [9.17, 15) is 0 Å². The summed E-state index contributed by atoms with van der Waals surface area (Å²) in [6, 6.07) is 77.4. The zero-order chi connectivity index (χ0) is 36.3. The summed E-state index contributed by atoms with van der Waals surface area (Å²) in [6.45, 7) is 0. The highest BCUT2D eigenvalue weighted by Gasteiger charge is 2.23. The van der Waals surface area contributed by atoms with Gasteiger partial charge in [0.15, 0.2) is 0 Å². The molecule has 11 rings (SSSR count). The first-order valence-electron chi connectivity index (χ1n) is 18.9. The van der Waals surface area contributed by atoms with Crippen molar-refractivity contribution in [1.29, 1.82) is 0 Å². The highest BCUT2D eigenvalue weighted by Crippen LogP contribution is 2.46. The fourth-order valence-electron chi connectivity index (χ4n) is 8.58. The van der Waals surface area contributed by atoms with Crippen molar-refractivity contribution in [2.24, 2.45) is 0 Å². The largest absolute Gasteiger partial charge is 0.310 e. The van der Waals surface area contributed by atoms with Crippen LogP contribution in [0.15, 0.2) is 212 Å². The molecule has 8 bridgehead atoms.